The minimum atomic E-state index is 0.507. The van der Waals surface area contributed by atoms with Crippen LogP contribution in [0.5, 0.6) is 0 Å². The van der Waals surface area contributed by atoms with Gasteiger partial charge in [0.1, 0.15) is 39.0 Å². The molecule has 6 rings (SSSR count). The normalized spacial score (nSPS) is 16.9. The Kier molecular flexibility index (Phi) is 4.91. The number of rotatable bonds is 2. The van der Waals surface area contributed by atoms with Crippen LogP contribution in [-0.2, 0) is 0 Å². The van der Waals surface area contributed by atoms with Gasteiger partial charge in [-0.25, -0.2) is 29.0 Å². The van der Waals surface area contributed by atoms with Crippen LogP contribution in [0.15, 0.2) is 12.7 Å². The van der Waals surface area contributed by atoms with Crippen LogP contribution in [0, 0.1) is 10.6 Å². The van der Waals surface area contributed by atoms with Gasteiger partial charge in [0.2, 0.25) is 0 Å². The van der Waals surface area contributed by atoms with E-state index in [-0.39, 0.29) is 0 Å². The molecule has 0 spiro atoms. The lowest BCUT2D eigenvalue weighted by atomic mass is 9.85. The van der Waals surface area contributed by atoms with Gasteiger partial charge >= 0.3 is 0 Å². The van der Waals surface area contributed by atoms with Gasteiger partial charge in [0.25, 0.3) is 0 Å². The summed E-state index contributed by atoms with van der Waals surface area (Å²) in [7, 11) is 0. The molecule has 2 aliphatic carbocycles. The zero-order valence-electron chi connectivity index (χ0n) is 16.7. The van der Waals surface area contributed by atoms with Crippen molar-refractivity contribution >= 4 is 45.3 Å². The van der Waals surface area contributed by atoms with E-state index in [2.05, 4.69) is 52.7 Å². The molecule has 0 radical (unpaired) electrons. The first kappa shape index (κ1) is 19.4. The van der Waals surface area contributed by atoms with Crippen molar-refractivity contribution in [3.8, 4) is 0 Å². The molecule has 2 saturated carbocycles. The van der Waals surface area contributed by atoms with Gasteiger partial charge in [-0.3, -0.25) is 0 Å². The number of fused-ring (bicyclic) bond motifs is 2. The third-order valence-corrected chi connectivity index (χ3v) is 6.80. The standard InChI is InChI=1S/C10H13N5.C9H10IN5/c1-6-8-9(11)12-5-13-15(8)10(14-6)7-3-2-4-7;10-7-6-8(11)12-4-13-15(6)9(14-7)5-2-1-3-5/h5,7H,2-4H2,1H3,(H2,11,12,13);4-5H,1-3H2,(H2,11,12,13). The summed E-state index contributed by atoms with van der Waals surface area (Å²) in [6, 6.07) is 0. The molecule has 30 heavy (non-hydrogen) atoms. The Balaban J connectivity index is 0.000000128. The topological polar surface area (TPSA) is 138 Å². The summed E-state index contributed by atoms with van der Waals surface area (Å²) < 4.78 is 4.59. The second-order valence-corrected chi connectivity index (χ2v) is 8.91. The van der Waals surface area contributed by atoms with Crippen molar-refractivity contribution in [1.29, 1.82) is 0 Å². The molecule has 10 nitrogen and oxygen atoms in total. The Morgan fingerprint density at radius 2 is 1.33 bits per heavy atom. The van der Waals surface area contributed by atoms with Crippen molar-refractivity contribution in [3.05, 3.63) is 33.7 Å². The third-order valence-electron chi connectivity index (χ3n) is 6.04. The first-order chi connectivity index (χ1) is 14.5. The van der Waals surface area contributed by atoms with Crippen molar-refractivity contribution in [1.82, 2.24) is 39.2 Å². The number of anilines is 2. The molecular formula is C19H23IN10. The molecule has 4 aromatic heterocycles. The Labute approximate surface area is 186 Å². The predicted octanol–water partition coefficient (Wildman–Crippen LogP) is 2.86. The van der Waals surface area contributed by atoms with Crippen LogP contribution in [0.1, 0.15) is 67.7 Å². The number of imidazole rings is 2. The number of hydrogen-bond donors (Lipinski definition) is 2. The lowest BCUT2D eigenvalue weighted by Gasteiger charge is -2.23. The number of hydrogen-bond acceptors (Lipinski definition) is 8. The first-order valence-electron chi connectivity index (χ1n) is 10.1. The monoisotopic (exact) mass is 518 g/mol. The van der Waals surface area contributed by atoms with Crippen LogP contribution in [0.3, 0.4) is 0 Å². The van der Waals surface area contributed by atoms with E-state index in [1.54, 1.807) is 0 Å². The second-order valence-electron chi connectivity index (χ2n) is 7.88. The summed E-state index contributed by atoms with van der Waals surface area (Å²) in [5.41, 5.74) is 14.3. The predicted molar refractivity (Wildman–Crippen MR) is 121 cm³/mol. The van der Waals surface area contributed by atoms with Crippen LogP contribution < -0.4 is 11.5 Å². The van der Waals surface area contributed by atoms with Gasteiger partial charge in [-0.05, 0) is 55.2 Å². The molecule has 2 aliphatic rings. The largest absolute Gasteiger partial charge is 0.382 e. The number of halogens is 1. The molecule has 0 bridgehead atoms. The smallest absolute Gasteiger partial charge is 0.154 e. The molecule has 0 saturated heterocycles. The second kappa shape index (κ2) is 7.60. The zero-order valence-corrected chi connectivity index (χ0v) is 18.8. The molecule has 0 aromatic carbocycles. The maximum atomic E-state index is 5.82. The van der Waals surface area contributed by atoms with Gasteiger partial charge in [0, 0.05) is 11.8 Å². The minimum Gasteiger partial charge on any atom is -0.382 e. The van der Waals surface area contributed by atoms with Crippen LogP contribution in [-0.4, -0.2) is 39.2 Å². The number of nitrogen functional groups attached to an aromatic ring is 2. The van der Waals surface area contributed by atoms with E-state index in [1.807, 2.05) is 16.0 Å². The Bertz CT molecular complexity index is 1130. The molecular weight excluding hydrogens is 495 g/mol. The van der Waals surface area contributed by atoms with Crippen molar-refractivity contribution in [2.24, 2.45) is 0 Å². The summed E-state index contributed by atoms with van der Waals surface area (Å²) >= 11 is 2.19. The number of aryl methyl sites for hydroxylation is 1. The molecule has 0 unspecified atom stereocenters. The minimum absolute atomic E-state index is 0.507. The SMILES string of the molecule is Cc1nc(C2CCC2)n2ncnc(N)c12.Nc1ncnn2c(C3CCC3)nc(I)c12. The fourth-order valence-corrected chi connectivity index (χ4v) is 4.70. The molecule has 4 heterocycles. The average Bonchev–Trinajstić information content (AvgIpc) is 3.13. The first-order valence-corrected chi connectivity index (χ1v) is 11.2. The Morgan fingerprint density at radius 1 is 0.833 bits per heavy atom. The van der Waals surface area contributed by atoms with E-state index in [0.717, 1.165) is 32.1 Å². The van der Waals surface area contributed by atoms with Gasteiger partial charge in [-0.1, -0.05) is 12.8 Å². The number of aromatic nitrogens is 8. The van der Waals surface area contributed by atoms with E-state index in [0.29, 0.717) is 23.5 Å². The van der Waals surface area contributed by atoms with E-state index in [1.165, 1.54) is 51.2 Å². The van der Waals surface area contributed by atoms with Gasteiger partial charge in [0.15, 0.2) is 11.6 Å². The Morgan fingerprint density at radius 3 is 1.87 bits per heavy atom. The molecule has 0 aliphatic heterocycles. The fraction of sp³-hybridized carbons (Fsp3) is 0.474. The molecule has 156 valence electrons. The lowest BCUT2D eigenvalue weighted by molar-refractivity contribution is 0.396. The highest BCUT2D eigenvalue weighted by Gasteiger charge is 2.27. The maximum absolute atomic E-state index is 5.82. The molecule has 0 amide bonds. The molecule has 2 fully saturated rings. The molecule has 4 N–H and O–H groups in total. The molecule has 0 atom stereocenters. The highest BCUT2D eigenvalue weighted by Crippen LogP contribution is 2.37. The van der Waals surface area contributed by atoms with Crippen LogP contribution in [0.25, 0.3) is 11.0 Å². The average molecular weight is 518 g/mol. The fourth-order valence-electron chi connectivity index (χ4n) is 3.95. The quantitative estimate of drug-likeness (QED) is 0.387. The summed E-state index contributed by atoms with van der Waals surface area (Å²) in [6.45, 7) is 1.96. The Hall–Kier alpha value is -2.57. The third kappa shape index (κ3) is 3.15. The highest BCUT2D eigenvalue weighted by molar-refractivity contribution is 14.1. The number of nitrogens with zero attached hydrogens (tertiary/aromatic N) is 8. The number of nitrogens with two attached hydrogens (primary N) is 2. The van der Waals surface area contributed by atoms with Crippen LogP contribution in [0.2, 0.25) is 0 Å². The maximum Gasteiger partial charge on any atom is 0.154 e. The van der Waals surface area contributed by atoms with Crippen LogP contribution in [0.4, 0.5) is 11.6 Å². The van der Waals surface area contributed by atoms with E-state index < -0.39 is 0 Å². The van der Waals surface area contributed by atoms with Gasteiger partial charge in [0.05, 0.1) is 5.69 Å². The van der Waals surface area contributed by atoms with E-state index in [9.17, 15) is 0 Å². The van der Waals surface area contributed by atoms with Gasteiger partial charge in [-0.15, -0.1) is 0 Å². The summed E-state index contributed by atoms with van der Waals surface area (Å²) in [4.78, 5) is 17.1. The summed E-state index contributed by atoms with van der Waals surface area (Å²) in [5, 5.41) is 8.45. The van der Waals surface area contributed by atoms with E-state index in [4.69, 9.17) is 11.5 Å². The summed E-state index contributed by atoms with van der Waals surface area (Å²) in [6.07, 6.45) is 10.4. The van der Waals surface area contributed by atoms with Crippen molar-refractivity contribution in [2.75, 3.05) is 11.5 Å². The highest BCUT2D eigenvalue weighted by atomic mass is 127. The zero-order chi connectivity index (χ0) is 20.8. The van der Waals surface area contributed by atoms with Crippen LogP contribution >= 0.6 is 22.6 Å². The lowest BCUT2D eigenvalue weighted by Crippen LogP contribution is -2.14. The summed E-state index contributed by atoms with van der Waals surface area (Å²) in [5.74, 6) is 4.21. The molecule has 4 aromatic rings. The molecule has 11 heteroatoms. The van der Waals surface area contributed by atoms with E-state index >= 15 is 0 Å². The van der Waals surface area contributed by atoms with Crippen molar-refractivity contribution in [3.63, 3.8) is 0 Å². The van der Waals surface area contributed by atoms with Crippen molar-refractivity contribution in [2.45, 2.75) is 57.3 Å². The van der Waals surface area contributed by atoms with Gasteiger partial charge < -0.3 is 11.5 Å². The van der Waals surface area contributed by atoms with Crippen molar-refractivity contribution < 1.29 is 0 Å². The van der Waals surface area contributed by atoms with Gasteiger partial charge in [-0.2, -0.15) is 10.2 Å².